The Labute approximate surface area is 270 Å². The number of aromatic nitrogens is 1. The van der Waals surface area contributed by atoms with Crippen LogP contribution in [0.2, 0.25) is 0 Å². The van der Waals surface area contributed by atoms with Crippen LogP contribution in [0.25, 0.3) is 10.9 Å². The number of fused-ring (bicyclic) bond motifs is 8. The molecule has 0 fully saturated rings. The smallest absolute Gasteiger partial charge is 0.249 e. The Balaban J connectivity index is 1.34. The summed E-state index contributed by atoms with van der Waals surface area (Å²) in [5.41, 5.74) is 12.3. The first-order chi connectivity index (χ1) is 22.3. The van der Waals surface area contributed by atoms with Gasteiger partial charge in [-0.25, -0.2) is 0 Å². The molecule has 0 atom stereocenters. The maximum atomic E-state index is 4.91. The zero-order valence-electron chi connectivity index (χ0n) is 24.1. The minimum atomic E-state index is 0.152. The molecule has 0 radical (unpaired) electrons. The van der Waals surface area contributed by atoms with Crippen LogP contribution in [0.1, 0.15) is 0 Å². The second-order valence-corrected chi connectivity index (χ2v) is 13.7. The lowest BCUT2D eigenvalue weighted by atomic mass is 9.35. The van der Waals surface area contributed by atoms with E-state index in [1.54, 1.807) is 0 Å². The Morgan fingerprint density at radius 2 is 1.22 bits per heavy atom. The SMILES string of the molecule is c1ccc(N2c3ccccc3B3c4ccccc4Sc4cc5c(c2c43)Sc2ccccc2N5c2cccc3cccnc23)cc1. The maximum absolute atomic E-state index is 4.91. The van der Waals surface area contributed by atoms with Crippen molar-refractivity contribution in [2.24, 2.45) is 0 Å². The molecule has 7 aromatic rings. The normalized spacial score (nSPS) is 13.9. The fourth-order valence-electron chi connectivity index (χ4n) is 7.29. The summed E-state index contributed by atoms with van der Waals surface area (Å²) < 4.78 is 0. The molecule has 1 aromatic heterocycles. The summed E-state index contributed by atoms with van der Waals surface area (Å²) >= 11 is 3.79. The largest absolute Gasteiger partial charge is 0.310 e. The van der Waals surface area contributed by atoms with Crippen molar-refractivity contribution in [1.82, 2.24) is 4.98 Å². The third-order valence-electron chi connectivity index (χ3n) is 9.11. The number of hydrogen-bond acceptors (Lipinski definition) is 5. The minimum Gasteiger partial charge on any atom is -0.310 e. The zero-order chi connectivity index (χ0) is 29.5. The molecule has 3 nitrogen and oxygen atoms in total. The lowest BCUT2D eigenvalue weighted by Gasteiger charge is -2.44. The summed E-state index contributed by atoms with van der Waals surface area (Å²) in [7, 11) is 0. The monoisotopic (exact) mass is 609 g/mol. The molecule has 3 aliphatic rings. The first-order valence-electron chi connectivity index (χ1n) is 15.2. The van der Waals surface area contributed by atoms with Gasteiger partial charge >= 0.3 is 0 Å². The van der Waals surface area contributed by atoms with Gasteiger partial charge in [-0.05, 0) is 65.5 Å². The molecule has 0 unspecified atom stereocenters. The lowest BCUT2D eigenvalue weighted by molar-refractivity contribution is 1.13. The van der Waals surface area contributed by atoms with E-state index in [4.69, 9.17) is 4.98 Å². The highest BCUT2D eigenvalue weighted by molar-refractivity contribution is 8.00. The van der Waals surface area contributed by atoms with Gasteiger partial charge in [-0.3, -0.25) is 4.98 Å². The van der Waals surface area contributed by atoms with Crippen molar-refractivity contribution in [3.8, 4) is 0 Å². The van der Waals surface area contributed by atoms with Gasteiger partial charge in [0.25, 0.3) is 0 Å². The molecule has 0 bridgehead atoms. The third kappa shape index (κ3) is 3.67. The molecule has 4 heterocycles. The number of para-hydroxylation sites is 4. The molecule has 0 N–H and O–H groups in total. The molecule has 6 heteroatoms. The van der Waals surface area contributed by atoms with Crippen molar-refractivity contribution in [1.29, 1.82) is 0 Å². The number of nitrogens with zero attached hydrogens (tertiary/aromatic N) is 3. The number of benzene rings is 6. The molecule has 0 amide bonds. The molecule has 3 aliphatic heterocycles. The van der Waals surface area contributed by atoms with Gasteiger partial charge in [-0.1, -0.05) is 114 Å². The zero-order valence-corrected chi connectivity index (χ0v) is 25.7. The average molecular weight is 610 g/mol. The predicted octanol–water partition coefficient (Wildman–Crippen LogP) is 8.93. The van der Waals surface area contributed by atoms with Gasteiger partial charge in [-0.15, -0.1) is 0 Å². The summed E-state index contributed by atoms with van der Waals surface area (Å²) in [4.78, 5) is 15.0. The molecule has 0 saturated heterocycles. The summed E-state index contributed by atoms with van der Waals surface area (Å²) in [6.45, 7) is 0.152. The van der Waals surface area contributed by atoms with Crippen LogP contribution < -0.4 is 26.2 Å². The molecule has 210 valence electrons. The van der Waals surface area contributed by atoms with Crippen molar-refractivity contribution in [2.45, 2.75) is 19.6 Å². The van der Waals surface area contributed by atoms with Gasteiger partial charge in [0, 0.05) is 37.6 Å². The first kappa shape index (κ1) is 25.4. The summed E-state index contributed by atoms with van der Waals surface area (Å²) in [5.74, 6) is 0. The van der Waals surface area contributed by atoms with Crippen LogP contribution >= 0.6 is 23.5 Å². The van der Waals surface area contributed by atoms with E-state index >= 15 is 0 Å². The van der Waals surface area contributed by atoms with E-state index in [1.807, 2.05) is 35.8 Å². The van der Waals surface area contributed by atoms with E-state index < -0.39 is 0 Å². The lowest BCUT2D eigenvalue weighted by Crippen LogP contribution is -2.60. The highest BCUT2D eigenvalue weighted by atomic mass is 32.2. The number of hydrogen-bond donors (Lipinski definition) is 0. The minimum absolute atomic E-state index is 0.152. The van der Waals surface area contributed by atoms with Crippen LogP contribution in [0, 0.1) is 0 Å². The van der Waals surface area contributed by atoms with Gasteiger partial charge < -0.3 is 9.80 Å². The third-order valence-corrected chi connectivity index (χ3v) is 11.4. The second-order valence-electron chi connectivity index (χ2n) is 11.5. The van der Waals surface area contributed by atoms with Gasteiger partial charge in [-0.2, -0.15) is 0 Å². The molecule has 45 heavy (non-hydrogen) atoms. The fraction of sp³-hybridized carbons (Fsp3) is 0. The van der Waals surface area contributed by atoms with Crippen LogP contribution in [0.4, 0.5) is 34.1 Å². The van der Waals surface area contributed by atoms with Gasteiger partial charge in [0.1, 0.15) is 0 Å². The van der Waals surface area contributed by atoms with Gasteiger partial charge in [0.2, 0.25) is 6.71 Å². The molecule has 0 aliphatic carbocycles. The maximum Gasteiger partial charge on any atom is 0.249 e. The summed E-state index contributed by atoms with van der Waals surface area (Å²) in [5, 5.41) is 1.13. The Morgan fingerprint density at radius 3 is 2.11 bits per heavy atom. The first-order valence-corrected chi connectivity index (χ1v) is 16.8. The Morgan fingerprint density at radius 1 is 0.511 bits per heavy atom. The Kier molecular flexibility index (Phi) is 5.54. The number of anilines is 6. The van der Waals surface area contributed by atoms with Crippen LogP contribution in [-0.4, -0.2) is 11.7 Å². The second kappa shape index (κ2) is 9.80. The van der Waals surface area contributed by atoms with E-state index in [2.05, 4.69) is 143 Å². The standard InChI is InChI=1S/C39H24BN3S2/c1-2-14-26(15-3-1)42-29-18-6-4-16-27(29)40-28-17-5-8-21-33(28)44-35-24-32-39(38(42)36(35)40)45-34-22-9-7-19-30(34)43(32)31-20-10-12-25-13-11-23-41-37(25)31/h1-24H. The van der Waals surface area contributed by atoms with Crippen molar-refractivity contribution >= 4 is 91.7 Å². The van der Waals surface area contributed by atoms with Crippen LogP contribution in [-0.2, 0) is 0 Å². The number of rotatable bonds is 2. The Bertz CT molecular complexity index is 2320. The molecule has 0 spiro atoms. The van der Waals surface area contributed by atoms with Crippen molar-refractivity contribution in [3.63, 3.8) is 0 Å². The van der Waals surface area contributed by atoms with Crippen molar-refractivity contribution in [2.75, 3.05) is 9.80 Å². The van der Waals surface area contributed by atoms with E-state index in [9.17, 15) is 0 Å². The van der Waals surface area contributed by atoms with Gasteiger partial charge in [0.05, 0.1) is 33.2 Å². The van der Waals surface area contributed by atoms with Crippen LogP contribution in [0.5, 0.6) is 0 Å². The summed E-state index contributed by atoms with van der Waals surface area (Å²) in [6, 6.07) is 50.7. The van der Waals surface area contributed by atoms with Gasteiger partial charge in [0.15, 0.2) is 0 Å². The van der Waals surface area contributed by atoms with Crippen LogP contribution in [0.3, 0.4) is 0 Å². The van der Waals surface area contributed by atoms with Crippen molar-refractivity contribution < 1.29 is 0 Å². The fourth-order valence-corrected chi connectivity index (χ4v) is 9.65. The van der Waals surface area contributed by atoms with E-state index in [0.717, 1.165) is 16.6 Å². The van der Waals surface area contributed by atoms with Crippen LogP contribution in [0.15, 0.2) is 165 Å². The van der Waals surface area contributed by atoms with Crippen molar-refractivity contribution in [3.05, 3.63) is 146 Å². The highest BCUT2D eigenvalue weighted by Gasteiger charge is 2.44. The predicted molar refractivity (Wildman–Crippen MR) is 190 cm³/mol. The van der Waals surface area contributed by atoms with E-state index in [1.165, 1.54) is 64.4 Å². The summed E-state index contributed by atoms with van der Waals surface area (Å²) in [6.07, 6.45) is 1.90. The molecular formula is C39H24BN3S2. The quantitative estimate of drug-likeness (QED) is 0.182. The molecule has 6 aromatic carbocycles. The molecule has 0 saturated carbocycles. The average Bonchev–Trinajstić information content (AvgIpc) is 3.10. The van der Waals surface area contributed by atoms with E-state index in [-0.39, 0.29) is 6.71 Å². The van der Waals surface area contributed by atoms with E-state index in [0.29, 0.717) is 0 Å². The highest BCUT2D eigenvalue weighted by Crippen LogP contribution is 2.58. The topological polar surface area (TPSA) is 19.4 Å². The molecular weight excluding hydrogens is 585 g/mol. The Hall–Kier alpha value is -4.91. The molecule has 10 rings (SSSR count). The number of pyridine rings is 1.